The van der Waals surface area contributed by atoms with Crippen molar-refractivity contribution < 1.29 is 24.9 Å². The molecule has 68 valence electrons. The van der Waals surface area contributed by atoms with Crippen LogP contribution in [-0.2, 0) is 9.53 Å². The quantitative estimate of drug-likeness (QED) is 0.375. The maximum atomic E-state index is 11.0. The second kappa shape index (κ2) is 2.18. The average Bonchev–Trinajstić information content (AvgIpc) is 2.22. The first kappa shape index (κ1) is 7.97. The Balaban J connectivity index is 2.28. The smallest absolute Gasteiger partial charge is 0.338 e. The Morgan fingerprint density at radius 1 is 1.42 bits per heavy atom. The molecular weight excluding hydrogens is 164 g/mol. The van der Waals surface area contributed by atoms with E-state index >= 15 is 0 Å². The normalized spacial score (nSPS) is 52.2. The highest BCUT2D eigenvalue weighted by Gasteiger charge is 2.56. The summed E-state index contributed by atoms with van der Waals surface area (Å²) in [5.41, 5.74) is -1.57. The summed E-state index contributed by atoms with van der Waals surface area (Å²) in [6.07, 6.45) is -2.92. The number of carbonyl (C=O) groups is 1. The zero-order chi connectivity index (χ0) is 8.93. The molecular formula is C7H10O5. The van der Waals surface area contributed by atoms with Crippen LogP contribution in [0.2, 0.25) is 0 Å². The number of hydrogen-bond acceptors (Lipinski definition) is 5. The third-order valence-corrected chi connectivity index (χ3v) is 2.50. The van der Waals surface area contributed by atoms with Gasteiger partial charge >= 0.3 is 5.97 Å². The minimum atomic E-state index is -1.57. The summed E-state index contributed by atoms with van der Waals surface area (Å²) in [5.74, 6) is -0.733. The molecule has 1 aliphatic heterocycles. The largest absolute Gasteiger partial charge is 0.457 e. The highest BCUT2D eigenvalue weighted by Crippen LogP contribution is 2.37. The first-order valence-corrected chi connectivity index (χ1v) is 3.82. The molecule has 4 atom stereocenters. The Bertz CT molecular complexity index is 228. The van der Waals surface area contributed by atoms with Crippen LogP contribution >= 0.6 is 0 Å². The van der Waals surface area contributed by atoms with Gasteiger partial charge in [0.2, 0.25) is 0 Å². The van der Waals surface area contributed by atoms with E-state index in [1.54, 1.807) is 0 Å². The highest BCUT2D eigenvalue weighted by molar-refractivity contribution is 5.82. The van der Waals surface area contributed by atoms with Gasteiger partial charge < -0.3 is 20.1 Å². The lowest BCUT2D eigenvalue weighted by Gasteiger charge is -2.30. The predicted molar refractivity (Wildman–Crippen MR) is 36.1 cm³/mol. The SMILES string of the molecule is O=C1O[C@@H]2C[C@@]1(O)C[C@@H](O)[C@@H]2O. The molecule has 0 aromatic heterocycles. The van der Waals surface area contributed by atoms with E-state index in [9.17, 15) is 20.1 Å². The molecule has 2 fully saturated rings. The summed E-state index contributed by atoms with van der Waals surface area (Å²) >= 11 is 0. The van der Waals surface area contributed by atoms with Crippen molar-refractivity contribution in [2.75, 3.05) is 0 Å². The summed E-state index contributed by atoms with van der Waals surface area (Å²) in [5, 5.41) is 28.0. The van der Waals surface area contributed by atoms with Crippen LogP contribution in [0.4, 0.5) is 0 Å². The van der Waals surface area contributed by atoms with Gasteiger partial charge in [-0.15, -0.1) is 0 Å². The monoisotopic (exact) mass is 174 g/mol. The van der Waals surface area contributed by atoms with Gasteiger partial charge in [0.05, 0.1) is 6.10 Å². The van der Waals surface area contributed by atoms with Crippen molar-refractivity contribution >= 4 is 5.97 Å². The Morgan fingerprint density at radius 3 is 2.75 bits per heavy atom. The summed E-state index contributed by atoms with van der Waals surface area (Å²) < 4.78 is 4.67. The van der Waals surface area contributed by atoms with Crippen LogP contribution in [-0.4, -0.2) is 45.2 Å². The van der Waals surface area contributed by atoms with Crippen LogP contribution in [0.15, 0.2) is 0 Å². The number of esters is 1. The van der Waals surface area contributed by atoms with Crippen LogP contribution in [0.5, 0.6) is 0 Å². The number of carbonyl (C=O) groups excluding carboxylic acids is 1. The van der Waals surface area contributed by atoms with Crippen LogP contribution in [0.3, 0.4) is 0 Å². The van der Waals surface area contributed by atoms with E-state index < -0.39 is 29.9 Å². The fraction of sp³-hybridized carbons (Fsp3) is 0.857. The summed E-state index contributed by atoms with van der Waals surface area (Å²) in [7, 11) is 0. The maximum Gasteiger partial charge on any atom is 0.338 e. The Kier molecular flexibility index (Phi) is 1.45. The Labute approximate surface area is 68.6 Å². The number of ether oxygens (including phenoxy) is 1. The van der Waals surface area contributed by atoms with Crippen LogP contribution in [0.25, 0.3) is 0 Å². The molecule has 0 aromatic rings. The highest BCUT2D eigenvalue weighted by atomic mass is 16.6. The molecule has 12 heavy (non-hydrogen) atoms. The zero-order valence-electron chi connectivity index (χ0n) is 6.30. The lowest BCUT2D eigenvalue weighted by molar-refractivity contribution is -0.154. The fourth-order valence-corrected chi connectivity index (χ4v) is 1.78. The molecule has 0 radical (unpaired) electrons. The first-order chi connectivity index (χ1) is 5.53. The molecule has 5 nitrogen and oxygen atoms in total. The third-order valence-electron chi connectivity index (χ3n) is 2.50. The van der Waals surface area contributed by atoms with Gasteiger partial charge in [-0.25, -0.2) is 4.79 Å². The van der Waals surface area contributed by atoms with Gasteiger partial charge in [-0.2, -0.15) is 0 Å². The molecule has 1 heterocycles. The lowest BCUT2D eigenvalue weighted by Crippen LogP contribution is -2.48. The van der Waals surface area contributed by atoms with E-state index in [0.29, 0.717) is 0 Å². The van der Waals surface area contributed by atoms with Gasteiger partial charge in [0.25, 0.3) is 0 Å². The van der Waals surface area contributed by atoms with E-state index in [1.165, 1.54) is 0 Å². The summed E-state index contributed by atoms with van der Waals surface area (Å²) in [4.78, 5) is 11.0. The predicted octanol–water partition coefficient (Wildman–Crippen LogP) is -1.84. The minimum absolute atomic E-state index is 0.0874. The van der Waals surface area contributed by atoms with Crippen molar-refractivity contribution in [1.82, 2.24) is 0 Å². The molecule has 1 saturated heterocycles. The third kappa shape index (κ3) is 0.872. The lowest BCUT2D eigenvalue weighted by atomic mass is 9.82. The van der Waals surface area contributed by atoms with Gasteiger partial charge in [0.15, 0.2) is 5.60 Å². The first-order valence-electron chi connectivity index (χ1n) is 3.82. The summed E-state index contributed by atoms with van der Waals surface area (Å²) in [6.45, 7) is 0. The Hall–Kier alpha value is -0.650. The van der Waals surface area contributed by atoms with Gasteiger partial charge in [0, 0.05) is 12.8 Å². The van der Waals surface area contributed by atoms with Crippen LogP contribution < -0.4 is 0 Å². The molecule has 0 spiro atoms. The second-order valence-electron chi connectivity index (χ2n) is 3.44. The van der Waals surface area contributed by atoms with Crippen molar-refractivity contribution in [3.8, 4) is 0 Å². The van der Waals surface area contributed by atoms with Crippen molar-refractivity contribution in [3.63, 3.8) is 0 Å². The Morgan fingerprint density at radius 2 is 2.08 bits per heavy atom. The minimum Gasteiger partial charge on any atom is -0.457 e. The molecule has 2 bridgehead atoms. The van der Waals surface area contributed by atoms with E-state index in [0.717, 1.165) is 0 Å². The van der Waals surface area contributed by atoms with Crippen molar-refractivity contribution in [2.24, 2.45) is 0 Å². The van der Waals surface area contributed by atoms with Crippen LogP contribution in [0, 0.1) is 0 Å². The number of aliphatic hydroxyl groups excluding tert-OH is 2. The maximum absolute atomic E-state index is 11.0. The molecule has 0 aromatic carbocycles. The molecule has 1 saturated carbocycles. The standard InChI is InChI=1S/C7H10O5/c8-3-1-7(11)2-4(5(3)9)12-6(7)10/h3-5,8-9,11H,1-2H2/t3-,4-,5+,7+/m1/s1. The van der Waals surface area contributed by atoms with Crippen molar-refractivity contribution in [3.05, 3.63) is 0 Å². The van der Waals surface area contributed by atoms with Gasteiger partial charge in [-0.3, -0.25) is 0 Å². The molecule has 0 unspecified atom stereocenters. The average molecular weight is 174 g/mol. The molecule has 0 amide bonds. The topological polar surface area (TPSA) is 87.0 Å². The second-order valence-corrected chi connectivity index (χ2v) is 3.44. The molecule has 5 heteroatoms. The summed E-state index contributed by atoms with van der Waals surface area (Å²) in [6, 6.07) is 0. The van der Waals surface area contributed by atoms with Gasteiger partial charge in [-0.05, 0) is 0 Å². The molecule has 3 N–H and O–H groups in total. The number of aliphatic hydroxyl groups is 3. The van der Waals surface area contributed by atoms with E-state index in [1.807, 2.05) is 0 Å². The number of fused-ring (bicyclic) bond motifs is 2. The van der Waals surface area contributed by atoms with E-state index in [2.05, 4.69) is 4.74 Å². The number of rotatable bonds is 0. The van der Waals surface area contributed by atoms with Crippen LogP contribution in [0.1, 0.15) is 12.8 Å². The number of hydrogen-bond donors (Lipinski definition) is 3. The van der Waals surface area contributed by atoms with Crippen molar-refractivity contribution in [1.29, 1.82) is 0 Å². The molecule has 2 rings (SSSR count). The van der Waals surface area contributed by atoms with Crippen molar-refractivity contribution in [2.45, 2.75) is 36.8 Å². The van der Waals surface area contributed by atoms with E-state index in [-0.39, 0.29) is 12.8 Å². The van der Waals surface area contributed by atoms with Gasteiger partial charge in [-0.1, -0.05) is 0 Å². The molecule has 2 aliphatic rings. The fourth-order valence-electron chi connectivity index (χ4n) is 1.78. The van der Waals surface area contributed by atoms with E-state index in [4.69, 9.17) is 0 Å². The van der Waals surface area contributed by atoms with Gasteiger partial charge in [0.1, 0.15) is 12.2 Å². The zero-order valence-corrected chi connectivity index (χ0v) is 6.30. The molecule has 1 aliphatic carbocycles.